The van der Waals surface area contributed by atoms with Gasteiger partial charge < -0.3 is 4.74 Å². The number of aldehydes is 1. The summed E-state index contributed by atoms with van der Waals surface area (Å²) in [6.07, 6.45) is 2.68. The molecule has 0 fully saturated rings. The fourth-order valence-corrected chi connectivity index (χ4v) is 0.339. The van der Waals surface area contributed by atoms with E-state index in [9.17, 15) is 9.59 Å². The van der Waals surface area contributed by atoms with Crippen molar-refractivity contribution >= 4 is 12.3 Å². The monoisotopic (exact) mass is 140 g/mol. The van der Waals surface area contributed by atoms with Gasteiger partial charge in [-0.2, -0.15) is 0 Å². The Morgan fingerprint density at radius 1 is 1.60 bits per heavy atom. The number of ether oxygens (including phenoxy) is 1. The zero-order chi connectivity index (χ0) is 7.98. The predicted octanol–water partition coefficient (Wildman–Crippen LogP) is 0.818. The molecule has 3 nitrogen and oxygen atoms in total. The molecule has 3 heteroatoms. The SMILES string of the molecule is C=COC(=O)C(C)=CC=O. The second-order valence-corrected chi connectivity index (χ2v) is 1.56. The Balaban J connectivity index is 4.06. The molecule has 0 aliphatic heterocycles. The summed E-state index contributed by atoms with van der Waals surface area (Å²) in [6.45, 7) is 4.67. The molecule has 0 N–H and O–H groups in total. The van der Waals surface area contributed by atoms with E-state index < -0.39 is 5.97 Å². The molecule has 0 spiro atoms. The van der Waals surface area contributed by atoms with E-state index in [-0.39, 0.29) is 5.57 Å². The molecule has 0 rings (SSSR count). The quantitative estimate of drug-likeness (QED) is 0.252. The Labute approximate surface area is 59.0 Å². The minimum Gasteiger partial charge on any atom is -0.432 e. The van der Waals surface area contributed by atoms with Crippen molar-refractivity contribution in [2.24, 2.45) is 0 Å². The fourth-order valence-electron chi connectivity index (χ4n) is 0.339. The van der Waals surface area contributed by atoms with Crippen molar-refractivity contribution < 1.29 is 14.3 Å². The minimum atomic E-state index is -0.554. The van der Waals surface area contributed by atoms with Gasteiger partial charge in [0.2, 0.25) is 0 Å². The van der Waals surface area contributed by atoms with Crippen molar-refractivity contribution in [2.45, 2.75) is 6.92 Å². The highest BCUT2D eigenvalue weighted by Crippen LogP contribution is 1.94. The van der Waals surface area contributed by atoms with Gasteiger partial charge in [-0.1, -0.05) is 6.58 Å². The van der Waals surface area contributed by atoms with Crippen LogP contribution in [0.2, 0.25) is 0 Å². The van der Waals surface area contributed by atoms with Gasteiger partial charge in [0.25, 0.3) is 0 Å². The average Bonchev–Trinajstić information content (AvgIpc) is 1.89. The van der Waals surface area contributed by atoms with Gasteiger partial charge in [-0.3, -0.25) is 4.79 Å². The molecule has 0 saturated heterocycles. The first kappa shape index (κ1) is 8.62. The van der Waals surface area contributed by atoms with E-state index in [0.29, 0.717) is 6.29 Å². The molecule has 10 heavy (non-hydrogen) atoms. The van der Waals surface area contributed by atoms with Crippen molar-refractivity contribution in [2.75, 3.05) is 0 Å². The van der Waals surface area contributed by atoms with Crippen molar-refractivity contribution in [3.8, 4) is 0 Å². The topological polar surface area (TPSA) is 43.4 Å². The van der Waals surface area contributed by atoms with Gasteiger partial charge in [-0.05, 0) is 13.0 Å². The highest BCUT2D eigenvalue weighted by Gasteiger charge is 2.01. The van der Waals surface area contributed by atoms with Gasteiger partial charge in [-0.25, -0.2) is 4.79 Å². The normalized spacial score (nSPS) is 10.3. The van der Waals surface area contributed by atoms with Crippen LogP contribution in [0.15, 0.2) is 24.5 Å². The Morgan fingerprint density at radius 3 is 2.60 bits per heavy atom. The number of allylic oxidation sites excluding steroid dienone is 1. The van der Waals surface area contributed by atoms with E-state index in [1.54, 1.807) is 0 Å². The largest absolute Gasteiger partial charge is 0.432 e. The molecule has 0 aliphatic carbocycles. The van der Waals surface area contributed by atoms with Crippen molar-refractivity contribution in [1.82, 2.24) is 0 Å². The zero-order valence-electron chi connectivity index (χ0n) is 5.66. The van der Waals surface area contributed by atoms with E-state index in [1.807, 2.05) is 0 Å². The highest BCUT2D eigenvalue weighted by atomic mass is 16.5. The molecule has 0 unspecified atom stereocenters. The molecule has 0 aliphatic rings. The molecule has 54 valence electrons. The number of carbonyl (C=O) groups is 2. The molecule has 0 radical (unpaired) electrons. The number of carbonyl (C=O) groups excluding carboxylic acids is 2. The van der Waals surface area contributed by atoms with Crippen molar-refractivity contribution in [1.29, 1.82) is 0 Å². The molecule has 0 bridgehead atoms. The number of hydrogen-bond acceptors (Lipinski definition) is 3. The van der Waals surface area contributed by atoms with Crippen LogP contribution in [0.1, 0.15) is 6.92 Å². The lowest BCUT2D eigenvalue weighted by Gasteiger charge is -1.94. The maximum atomic E-state index is 10.6. The van der Waals surface area contributed by atoms with Crippen LogP contribution < -0.4 is 0 Å². The third-order valence-corrected chi connectivity index (χ3v) is 0.830. The van der Waals surface area contributed by atoms with Gasteiger partial charge in [0.15, 0.2) is 0 Å². The van der Waals surface area contributed by atoms with Gasteiger partial charge >= 0.3 is 5.97 Å². The Kier molecular flexibility index (Phi) is 3.87. The van der Waals surface area contributed by atoms with Gasteiger partial charge in [-0.15, -0.1) is 0 Å². The molecule has 0 amide bonds. The lowest BCUT2D eigenvalue weighted by atomic mass is 10.3. The van der Waals surface area contributed by atoms with Crippen LogP contribution in [0.3, 0.4) is 0 Å². The summed E-state index contributed by atoms with van der Waals surface area (Å²) < 4.78 is 4.35. The Hall–Kier alpha value is -1.38. The van der Waals surface area contributed by atoms with Crippen LogP contribution >= 0.6 is 0 Å². The van der Waals surface area contributed by atoms with E-state index in [1.165, 1.54) is 6.92 Å². The third-order valence-electron chi connectivity index (χ3n) is 0.830. The third kappa shape index (κ3) is 2.81. The van der Waals surface area contributed by atoms with Gasteiger partial charge in [0.05, 0.1) is 6.26 Å². The van der Waals surface area contributed by atoms with E-state index in [0.717, 1.165) is 12.3 Å². The maximum Gasteiger partial charge on any atom is 0.338 e. The summed E-state index contributed by atoms with van der Waals surface area (Å²) in [4.78, 5) is 20.4. The first-order valence-corrected chi connectivity index (χ1v) is 2.66. The number of rotatable bonds is 3. The predicted molar refractivity (Wildman–Crippen MR) is 36.1 cm³/mol. The minimum absolute atomic E-state index is 0.259. The summed E-state index contributed by atoms with van der Waals surface area (Å²) >= 11 is 0. The summed E-state index contributed by atoms with van der Waals surface area (Å²) in [5, 5.41) is 0. The lowest BCUT2D eigenvalue weighted by molar-refractivity contribution is -0.133. The van der Waals surface area contributed by atoms with E-state index in [4.69, 9.17) is 0 Å². The molecule has 0 aromatic carbocycles. The molecule has 0 atom stereocenters. The molecule has 0 aromatic heterocycles. The Morgan fingerprint density at radius 2 is 2.20 bits per heavy atom. The first-order valence-electron chi connectivity index (χ1n) is 2.66. The first-order chi connectivity index (χ1) is 4.72. The summed E-state index contributed by atoms with van der Waals surface area (Å²) in [5.74, 6) is -0.554. The number of hydrogen-bond donors (Lipinski definition) is 0. The maximum absolute atomic E-state index is 10.6. The smallest absolute Gasteiger partial charge is 0.338 e. The van der Waals surface area contributed by atoms with Crippen LogP contribution in [0, 0.1) is 0 Å². The average molecular weight is 140 g/mol. The van der Waals surface area contributed by atoms with Gasteiger partial charge in [0.1, 0.15) is 6.29 Å². The van der Waals surface area contributed by atoms with E-state index >= 15 is 0 Å². The molecule has 0 heterocycles. The molecule has 0 aromatic rings. The molecular formula is C7H8O3. The highest BCUT2D eigenvalue weighted by molar-refractivity contribution is 5.92. The lowest BCUT2D eigenvalue weighted by Crippen LogP contribution is -2.00. The van der Waals surface area contributed by atoms with E-state index in [2.05, 4.69) is 11.3 Å². The Bertz CT molecular complexity index is 179. The molecular weight excluding hydrogens is 132 g/mol. The number of esters is 1. The molecule has 0 saturated carbocycles. The summed E-state index contributed by atoms with van der Waals surface area (Å²) in [5.41, 5.74) is 0.259. The fraction of sp³-hybridized carbons (Fsp3) is 0.143. The van der Waals surface area contributed by atoms with Crippen LogP contribution in [0.25, 0.3) is 0 Å². The van der Waals surface area contributed by atoms with Crippen LogP contribution in [0.5, 0.6) is 0 Å². The second kappa shape index (κ2) is 4.49. The van der Waals surface area contributed by atoms with Crippen LogP contribution in [0.4, 0.5) is 0 Å². The zero-order valence-corrected chi connectivity index (χ0v) is 5.66. The van der Waals surface area contributed by atoms with Crippen molar-refractivity contribution in [3.05, 3.63) is 24.5 Å². The summed E-state index contributed by atoms with van der Waals surface area (Å²) in [6, 6.07) is 0. The summed E-state index contributed by atoms with van der Waals surface area (Å²) in [7, 11) is 0. The van der Waals surface area contributed by atoms with Crippen molar-refractivity contribution in [3.63, 3.8) is 0 Å². The second-order valence-electron chi connectivity index (χ2n) is 1.56. The standard InChI is InChI=1S/C7H8O3/c1-3-10-7(9)6(2)4-5-8/h3-5H,1H2,2H3. The van der Waals surface area contributed by atoms with Crippen LogP contribution in [-0.4, -0.2) is 12.3 Å². The van der Waals surface area contributed by atoms with Crippen LogP contribution in [-0.2, 0) is 14.3 Å². The van der Waals surface area contributed by atoms with Gasteiger partial charge in [0, 0.05) is 5.57 Å².